The van der Waals surface area contributed by atoms with Gasteiger partial charge < -0.3 is 10.1 Å². The van der Waals surface area contributed by atoms with Crippen LogP contribution in [0.5, 0.6) is 0 Å². The van der Waals surface area contributed by atoms with Gasteiger partial charge in [-0.1, -0.05) is 0 Å². The highest BCUT2D eigenvalue weighted by Crippen LogP contribution is 2.68. The molecule has 4 unspecified atom stereocenters. The lowest BCUT2D eigenvalue weighted by Gasteiger charge is -2.20. The van der Waals surface area contributed by atoms with E-state index < -0.39 is 17.2 Å². The molecule has 112 valence electrons. The number of alkyl halides is 3. The van der Waals surface area contributed by atoms with Gasteiger partial charge in [-0.25, -0.2) is 0 Å². The summed E-state index contributed by atoms with van der Waals surface area (Å²) in [6, 6.07) is 4.55. The zero-order chi connectivity index (χ0) is 14.8. The molecule has 3 nitrogen and oxygen atoms in total. The van der Waals surface area contributed by atoms with Crippen molar-refractivity contribution in [3.05, 3.63) is 29.8 Å². The Labute approximate surface area is 119 Å². The standard InChI is InChI=1S/C15H14F3NO2/c16-15(17,18)8-1-3-9(4-2-8)19-13(20)14-7-10(14)11-5-6-12(14)21-11/h1-4,10-12H,5-7H2,(H,19,20). The number of fused-ring (bicyclic) bond motifs is 5. The first kappa shape index (κ1) is 13.1. The molecule has 0 aromatic heterocycles. The van der Waals surface area contributed by atoms with Gasteiger partial charge in [0.25, 0.3) is 0 Å². The number of hydrogen-bond acceptors (Lipinski definition) is 2. The summed E-state index contributed by atoms with van der Waals surface area (Å²) < 4.78 is 43.2. The minimum atomic E-state index is -4.36. The van der Waals surface area contributed by atoms with E-state index in [9.17, 15) is 18.0 Å². The van der Waals surface area contributed by atoms with Gasteiger partial charge in [0.15, 0.2) is 0 Å². The third-order valence-corrected chi connectivity index (χ3v) is 5.03. The molecule has 3 aliphatic rings. The lowest BCUT2D eigenvalue weighted by atomic mass is 9.87. The Hall–Kier alpha value is -1.56. The summed E-state index contributed by atoms with van der Waals surface area (Å²) in [5, 5.41) is 2.74. The smallest absolute Gasteiger partial charge is 0.374 e. The average Bonchev–Trinajstić information content (AvgIpc) is 2.94. The Kier molecular flexibility index (Phi) is 2.50. The van der Waals surface area contributed by atoms with Crippen molar-refractivity contribution in [3.63, 3.8) is 0 Å². The molecule has 0 radical (unpaired) electrons. The van der Waals surface area contributed by atoms with E-state index in [4.69, 9.17) is 4.74 Å². The summed E-state index contributed by atoms with van der Waals surface area (Å²) in [6.45, 7) is 0. The molecule has 1 aromatic carbocycles. The van der Waals surface area contributed by atoms with Crippen LogP contribution >= 0.6 is 0 Å². The van der Waals surface area contributed by atoms with Crippen LogP contribution in [-0.2, 0) is 15.7 Å². The molecule has 2 bridgehead atoms. The number of carbonyl (C=O) groups excluding carboxylic acids is 1. The van der Waals surface area contributed by atoms with Gasteiger partial charge in [0.1, 0.15) is 0 Å². The van der Waals surface area contributed by atoms with Gasteiger partial charge in [0.2, 0.25) is 5.91 Å². The number of hydrogen-bond donors (Lipinski definition) is 1. The highest BCUT2D eigenvalue weighted by molar-refractivity contribution is 5.98. The zero-order valence-corrected chi connectivity index (χ0v) is 11.1. The monoisotopic (exact) mass is 297 g/mol. The maximum atomic E-state index is 12.5. The van der Waals surface area contributed by atoms with Gasteiger partial charge in [-0.05, 0) is 43.5 Å². The van der Waals surface area contributed by atoms with Crippen LogP contribution in [0.1, 0.15) is 24.8 Å². The summed E-state index contributed by atoms with van der Waals surface area (Å²) >= 11 is 0. The van der Waals surface area contributed by atoms with E-state index in [1.165, 1.54) is 12.1 Å². The number of ether oxygens (including phenoxy) is 1. The van der Waals surface area contributed by atoms with Gasteiger partial charge >= 0.3 is 6.18 Å². The van der Waals surface area contributed by atoms with E-state index in [1.807, 2.05) is 0 Å². The first-order chi connectivity index (χ1) is 9.91. The molecule has 1 aliphatic carbocycles. The van der Waals surface area contributed by atoms with Crippen molar-refractivity contribution in [1.82, 2.24) is 0 Å². The lowest BCUT2D eigenvalue weighted by molar-refractivity contribution is -0.137. The predicted molar refractivity (Wildman–Crippen MR) is 68.5 cm³/mol. The van der Waals surface area contributed by atoms with Crippen molar-refractivity contribution in [2.24, 2.45) is 11.3 Å². The van der Waals surface area contributed by atoms with Crippen LogP contribution < -0.4 is 5.32 Å². The van der Waals surface area contributed by atoms with E-state index >= 15 is 0 Å². The normalized spacial score (nSPS) is 36.4. The molecule has 2 heterocycles. The maximum absolute atomic E-state index is 12.5. The summed E-state index contributed by atoms with van der Waals surface area (Å²) in [6.07, 6.45) is -1.40. The van der Waals surface area contributed by atoms with E-state index in [2.05, 4.69) is 5.32 Å². The SMILES string of the molecule is O=C(Nc1ccc(C(F)(F)F)cc1)C12CC1C1CCC2O1. The number of anilines is 1. The molecule has 1 amide bonds. The summed E-state index contributed by atoms with van der Waals surface area (Å²) in [7, 11) is 0. The minimum absolute atomic E-state index is 0.0121. The van der Waals surface area contributed by atoms with Gasteiger partial charge in [0, 0.05) is 11.6 Å². The summed E-state index contributed by atoms with van der Waals surface area (Å²) in [4.78, 5) is 12.4. The highest BCUT2D eigenvalue weighted by atomic mass is 19.4. The Morgan fingerprint density at radius 3 is 2.52 bits per heavy atom. The number of carbonyl (C=O) groups is 1. The molecule has 6 heteroatoms. The number of amides is 1. The van der Waals surface area contributed by atoms with Crippen molar-refractivity contribution >= 4 is 11.6 Å². The van der Waals surface area contributed by atoms with Gasteiger partial charge in [-0.15, -0.1) is 0 Å². The Morgan fingerprint density at radius 2 is 1.95 bits per heavy atom. The predicted octanol–water partition coefficient (Wildman–Crippen LogP) is 3.21. The molecule has 3 fully saturated rings. The highest BCUT2D eigenvalue weighted by Gasteiger charge is 2.74. The molecule has 21 heavy (non-hydrogen) atoms. The van der Waals surface area contributed by atoms with E-state index in [0.29, 0.717) is 11.6 Å². The average molecular weight is 297 g/mol. The molecular weight excluding hydrogens is 283 g/mol. The van der Waals surface area contributed by atoms with E-state index in [1.54, 1.807) is 0 Å². The van der Waals surface area contributed by atoms with E-state index in [0.717, 1.165) is 31.4 Å². The van der Waals surface area contributed by atoms with Crippen LogP contribution in [0.3, 0.4) is 0 Å². The Bertz CT molecular complexity index is 598. The molecule has 1 N–H and O–H groups in total. The Morgan fingerprint density at radius 1 is 1.24 bits per heavy atom. The maximum Gasteiger partial charge on any atom is 0.416 e. The third kappa shape index (κ3) is 1.81. The topological polar surface area (TPSA) is 38.3 Å². The van der Waals surface area contributed by atoms with Gasteiger partial charge in [-0.3, -0.25) is 4.79 Å². The van der Waals surface area contributed by atoms with Crippen molar-refractivity contribution in [2.45, 2.75) is 37.6 Å². The fourth-order valence-corrected chi connectivity index (χ4v) is 3.87. The fraction of sp³-hybridized carbons (Fsp3) is 0.533. The second-order valence-electron chi connectivity index (χ2n) is 6.12. The van der Waals surface area contributed by atoms with Crippen LogP contribution in [0.4, 0.5) is 18.9 Å². The molecule has 0 spiro atoms. The van der Waals surface area contributed by atoms with E-state index in [-0.39, 0.29) is 18.1 Å². The number of rotatable bonds is 2. The quantitative estimate of drug-likeness (QED) is 0.910. The van der Waals surface area contributed by atoms with Crippen molar-refractivity contribution in [3.8, 4) is 0 Å². The Balaban J connectivity index is 1.49. The molecule has 1 saturated carbocycles. The minimum Gasteiger partial charge on any atom is -0.374 e. The first-order valence-corrected chi connectivity index (χ1v) is 7.05. The largest absolute Gasteiger partial charge is 0.416 e. The van der Waals surface area contributed by atoms with Crippen molar-refractivity contribution in [1.29, 1.82) is 0 Å². The van der Waals surface area contributed by atoms with Crippen LogP contribution in [0.15, 0.2) is 24.3 Å². The molecular formula is C15H14F3NO2. The van der Waals surface area contributed by atoms with Crippen LogP contribution in [0.2, 0.25) is 0 Å². The van der Waals surface area contributed by atoms with Crippen LogP contribution in [0, 0.1) is 11.3 Å². The summed E-state index contributed by atoms with van der Waals surface area (Å²) in [5.41, 5.74) is -0.743. The van der Waals surface area contributed by atoms with Crippen molar-refractivity contribution in [2.75, 3.05) is 5.32 Å². The van der Waals surface area contributed by atoms with Crippen molar-refractivity contribution < 1.29 is 22.7 Å². The number of benzene rings is 1. The van der Waals surface area contributed by atoms with Crippen LogP contribution in [-0.4, -0.2) is 18.1 Å². The molecule has 4 atom stereocenters. The number of nitrogens with one attached hydrogen (secondary N) is 1. The second kappa shape index (κ2) is 4.00. The molecule has 2 aliphatic heterocycles. The first-order valence-electron chi connectivity index (χ1n) is 7.05. The third-order valence-electron chi connectivity index (χ3n) is 5.03. The lowest BCUT2D eigenvalue weighted by Crippen LogP contribution is -2.34. The molecule has 1 aromatic rings. The zero-order valence-electron chi connectivity index (χ0n) is 11.1. The second-order valence-corrected chi connectivity index (χ2v) is 6.12. The van der Waals surface area contributed by atoms with Gasteiger partial charge in [0.05, 0.1) is 23.2 Å². The number of halogens is 3. The molecule has 4 rings (SSSR count). The molecule has 2 saturated heterocycles. The fourth-order valence-electron chi connectivity index (χ4n) is 3.87. The van der Waals surface area contributed by atoms with Gasteiger partial charge in [-0.2, -0.15) is 13.2 Å². The summed E-state index contributed by atoms with van der Waals surface area (Å²) in [5.74, 6) is 0.185. The van der Waals surface area contributed by atoms with Crippen LogP contribution in [0.25, 0.3) is 0 Å².